The van der Waals surface area contributed by atoms with Crippen LogP contribution in [0.3, 0.4) is 0 Å². The molecule has 0 fully saturated rings. The van der Waals surface area contributed by atoms with Crippen LogP contribution in [-0.2, 0) is 15.8 Å². The van der Waals surface area contributed by atoms with Crippen molar-refractivity contribution in [1.82, 2.24) is 4.98 Å². The third-order valence-corrected chi connectivity index (χ3v) is 3.67. The van der Waals surface area contributed by atoms with Crippen molar-refractivity contribution in [2.24, 2.45) is 5.14 Å². The van der Waals surface area contributed by atoms with Crippen molar-refractivity contribution in [3.63, 3.8) is 0 Å². The zero-order valence-corrected chi connectivity index (χ0v) is 12.7. The first-order valence-corrected chi connectivity index (χ1v) is 8.09. The molecule has 4 N–H and O–H groups in total. The van der Waals surface area contributed by atoms with Crippen LogP contribution < -0.4 is 10.5 Å². The molecule has 20 heavy (non-hydrogen) atoms. The number of sulfonamides is 1. The van der Waals surface area contributed by atoms with Crippen LogP contribution in [-0.4, -0.2) is 19.3 Å². The Morgan fingerprint density at radius 1 is 1.30 bits per heavy atom. The topological polar surface area (TPSA) is 105 Å². The Hall–Kier alpha value is -1.64. The van der Waals surface area contributed by atoms with E-state index in [-0.39, 0.29) is 11.7 Å². The molecule has 0 saturated carbocycles. The third kappa shape index (κ3) is 4.19. The van der Waals surface area contributed by atoms with Gasteiger partial charge in [0.25, 0.3) is 5.91 Å². The molecular weight excluding hydrogens is 346 g/mol. The van der Waals surface area contributed by atoms with Crippen molar-refractivity contribution in [1.29, 1.82) is 0 Å². The highest BCUT2D eigenvalue weighted by molar-refractivity contribution is 9.10. The Labute approximate surface area is 124 Å². The number of halogens is 1. The van der Waals surface area contributed by atoms with Crippen molar-refractivity contribution in [2.75, 3.05) is 5.32 Å². The molecule has 106 valence electrons. The number of benzene rings is 1. The van der Waals surface area contributed by atoms with Gasteiger partial charge in [0.2, 0.25) is 10.0 Å². The van der Waals surface area contributed by atoms with Gasteiger partial charge in [0.1, 0.15) is 5.69 Å². The van der Waals surface area contributed by atoms with Crippen LogP contribution in [0.4, 0.5) is 5.69 Å². The second-order valence-electron chi connectivity index (χ2n) is 4.19. The second-order valence-corrected chi connectivity index (χ2v) is 6.72. The van der Waals surface area contributed by atoms with Gasteiger partial charge < -0.3 is 10.3 Å². The summed E-state index contributed by atoms with van der Waals surface area (Å²) in [6, 6.07) is 8.10. The number of H-pyrrole nitrogens is 1. The van der Waals surface area contributed by atoms with Gasteiger partial charge >= 0.3 is 0 Å². The first-order valence-electron chi connectivity index (χ1n) is 5.58. The van der Waals surface area contributed by atoms with Gasteiger partial charge in [-0.15, -0.1) is 0 Å². The molecule has 1 heterocycles. The zero-order chi connectivity index (χ0) is 14.8. The molecule has 0 aliphatic rings. The van der Waals surface area contributed by atoms with Gasteiger partial charge in [-0.05, 0) is 39.7 Å². The number of hydrogen-bond donors (Lipinski definition) is 3. The average molecular weight is 358 g/mol. The fourth-order valence-corrected chi connectivity index (χ4v) is 2.61. The number of anilines is 1. The summed E-state index contributed by atoms with van der Waals surface area (Å²) in [7, 11) is -3.55. The first-order chi connectivity index (χ1) is 9.33. The van der Waals surface area contributed by atoms with Crippen molar-refractivity contribution in [3.05, 3.63) is 52.3 Å². The van der Waals surface area contributed by atoms with Gasteiger partial charge in [0.15, 0.2) is 0 Å². The van der Waals surface area contributed by atoms with Gasteiger partial charge in [0, 0.05) is 16.4 Å². The SMILES string of the molecule is NS(=O)(=O)Cc1ccc(NC(=O)c2cc(Br)c[nH]2)cc1. The zero-order valence-electron chi connectivity index (χ0n) is 10.3. The van der Waals surface area contributed by atoms with E-state index < -0.39 is 10.0 Å². The van der Waals surface area contributed by atoms with E-state index in [0.29, 0.717) is 16.9 Å². The van der Waals surface area contributed by atoms with Crippen LogP contribution >= 0.6 is 15.9 Å². The van der Waals surface area contributed by atoms with Crippen molar-refractivity contribution in [3.8, 4) is 0 Å². The molecule has 2 aromatic rings. The molecule has 1 aromatic heterocycles. The van der Waals surface area contributed by atoms with Gasteiger partial charge in [-0.25, -0.2) is 13.6 Å². The summed E-state index contributed by atoms with van der Waals surface area (Å²) in [5.74, 6) is -0.514. The summed E-state index contributed by atoms with van der Waals surface area (Å²) in [6.45, 7) is 0. The molecule has 0 spiro atoms. The van der Waals surface area contributed by atoms with E-state index in [1.807, 2.05) is 0 Å². The van der Waals surface area contributed by atoms with Gasteiger partial charge in [-0.3, -0.25) is 4.79 Å². The van der Waals surface area contributed by atoms with Crippen molar-refractivity contribution in [2.45, 2.75) is 5.75 Å². The molecule has 0 bridgehead atoms. The Kier molecular flexibility index (Phi) is 4.26. The summed E-state index contributed by atoms with van der Waals surface area (Å²) in [4.78, 5) is 14.7. The van der Waals surface area contributed by atoms with Gasteiger partial charge in [-0.2, -0.15) is 0 Å². The highest BCUT2D eigenvalue weighted by Gasteiger charge is 2.09. The lowest BCUT2D eigenvalue weighted by atomic mass is 10.2. The summed E-state index contributed by atoms with van der Waals surface area (Å²) in [6.07, 6.45) is 1.66. The number of aromatic amines is 1. The fourth-order valence-electron chi connectivity index (χ4n) is 1.61. The molecule has 0 radical (unpaired) electrons. The molecule has 0 unspecified atom stereocenters. The number of aromatic nitrogens is 1. The molecule has 1 amide bonds. The fraction of sp³-hybridized carbons (Fsp3) is 0.0833. The predicted octanol–water partition coefficient (Wildman–Crippen LogP) is 1.82. The number of carbonyl (C=O) groups is 1. The molecule has 2 rings (SSSR count). The Morgan fingerprint density at radius 3 is 2.45 bits per heavy atom. The van der Waals surface area contributed by atoms with Crippen LogP contribution in [0.5, 0.6) is 0 Å². The second kappa shape index (κ2) is 5.78. The number of nitrogens with one attached hydrogen (secondary N) is 2. The summed E-state index contributed by atoms with van der Waals surface area (Å²) < 4.78 is 22.7. The number of primary sulfonamides is 1. The summed E-state index contributed by atoms with van der Waals surface area (Å²) in [5, 5.41) is 7.65. The number of nitrogens with two attached hydrogens (primary N) is 1. The van der Waals surface area contributed by atoms with E-state index in [9.17, 15) is 13.2 Å². The largest absolute Gasteiger partial charge is 0.356 e. The van der Waals surface area contributed by atoms with Crippen LogP contribution in [0.15, 0.2) is 41.0 Å². The van der Waals surface area contributed by atoms with Gasteiger partial charge in [0.05, 0.1) is 5.75 Å². The first kappa shape index (κ1) is 14.8. The number of hydrogen-bond acceptors (Lipinski definition) is 3. The lowest BCUT2D eigenvalue weighted by Gasteiger charge is -2.05. The lowest BCUT2D eigenvalue weighted by molar-refractivity contribution is 0.102. The highest BCUT2D eigenvalue weighted by Crippen LogP contribution is 2.14. The maximum Gasteiger partial charge on any atom is 0.272 e. The van der Waals surface area contributed by atoms with Crippen molar-refractivity contribution < 1.29 is 13.2 Å². The van der Waals surface area contributed by atoms with Gasteiger partial charge in [-0.1, -0.05) is 12.1 Å². The quantitative estimate of drug-likeness (QED) is 0.776. The minimum Gasteiger partial charge on any atom is -0.356 e. The molecular formula is C12H12BrN3O3S. The minimum atomic E-state index is -3.55. The van der Waals surface area contributed by atoms with Crippen LogP contribution in [0, 0.1) is 0 Å². The molecule has 0 aliphatic heterocycles. The van der Waals surface area contributed by atoms with E-state index in [4.69, 9.17) is 5.14 Å². The molecule has 1 aromatic carbocycles. The summed E-state index contributed by atoms with van der Waals surface area (Å²) >= 11 is 3.24. The van der Waals surface area contributed by atoms with E-state index in [1.165, 1.54) is 0 Å². The number of rotatable bonds is 4. The number of amides is 1. The number of carbonyl (C=O) groups excluding carboxylic acids is 1. The summed E-state index contributed by atoms with van der Waals surface area (Å²) in [5.41, 5.74) is 1.55. The normalized spacial score (nSPS) is 11.3. The molecule has 0 saturated heterocycles. The molecule has 8 heteroatoms. The van der Waals surface area contributed by atoms with Crippen LogP contribution in [0.2, 0.25) is 0 Å². The van der Waals surface area contributed by atoms with E-state index >= 15 is 0 Å². The maximum absolute atomic E-state index is 11.9. The Morgan fingerprint density at radius 2 is 1.95 bits per heavy atom. The average Bonchev–Trinajstić information content (AvgIpc) is 2.77. The predicted molar refractivity (Wildman–Crippen MR) is 79.7 cm³/mol. The van der Waals surface area contributed by atoms with Crippen LogP contribution in [0.25, 0.3) is 0 Å². The Balaban J connectivity index is 2.06. The van der Waals surface area contributed by atoms with E-state index in [0.717, 1.165) is 4.47 Å². The molecule has 0 aliphatic carbocycles. The monoisotopic (exact) mass is 357 g/mol. The molecule has 0 atom stereocenters. The van der Waals surface area contributed by atoms with Crippen LogP contribution in [0.1, 0.15) is 16.1 Å². The van der Waals surface area contributed by atoms with E-state index in [1.54, 1.807) is 36.5 Å². The van der Waals surface area contributed by atoms with E-state index in [2.05, 4.69) is 26.2 Å². The highest BCUT2D eigenvalue weighted by atomic mass is 79.9. The standard InChI is InChI=1S/C12H12BrN3O3S/c13-9-5-11(15-6-9)12(17)16-10-3-1-8(2-4-10)7-20(14,18)19/h1-6,15H,7H2,(H,16,17)(H2,14,18,19). The maximum atomic E-state index is 11.9. The molecule has 6 nitrogen and oxygen atoms in total. The minimum absolute atomic E-state index is 0.231. The Bertz CT molecular complexity index is 723. The smallest absolute Gasteiger partial charge is 0.272 e. The van der Waals surface area contributed by atoms with Crippen molar-refractivity contribution >= 4 is 37.5 Å². The lowest BCUT2D eigenvalue weighted by Crippen LogP contribution is -2.15. The third-order valence-electron chi connectivity index (χ3n) is 2.47.